The Morgan fingerprint density at radius 3 is 1.21 bits per heavy atom. The predicted octanol–water partition coefficient (Wildman–Crippen LogP) is 16.6. The van der Waals surface area contributed by atoms with Gasteiger partial charge in [0.05, 0.1) is 0 Å². The zero-order valence-electron chi connectivity index (χ0n) is 49.5. The lowest BCUT2D eigenvalue weighted by molar-refractivity contribution is 0.852. The molecule has 0 fully saturated rings. The SMILES string of the molecule is Cc1cc(C)c(C)cn1.Cc1ccc(C)c(C)n1.Cc1cccnc1C.Cc1ccncc1C.Cc1cnc(C)c(C)c1.Cc1cncc(C)c1C.Cc1cnccc1C(C)C.Cc1nc(C)c(C)c(C)c1C. The predicted molar refractivity (Wildman–Crippen MR) is 312 cm³/mol. The minimum atomic E-state index is 0.614. The molecule has 0 amide bonds. The lowest BCUT2D eigenvalue weighted by Crippen LogP contribution is -1.98. The molecule has 0 N–H and O–H groups in total. The number of aromatic nitrogens is 8. The molecule has 8 aromatic heterocycles. The normalized spacial score (nSPS) is 9.77. The fourth-order valence-electron chi connectivity index (χ4n) is 6.55. The molecule has 0 saturated heterocycles. The maximum Gasteiger partial charge on any atom is 0.0407 e. The average molecular weight is 983 g/mol. The van der Waals surface area contributed by atoms with Gasteiger partial charge in [0.15, 0.2) is 0 Å². The van der Waals surface area contributed by atoms with Crippen molar-refractivity contribution in [2.75, 3.05) is 0 Å². The highest BCUT2D eigenvalue weighted by Gasteiger charge is 2.04. The minimum absolute atomic E-state index is 0.614. The van der Waals surface area contributed by atoms with E-state index in [4.69, 9.17) is 0 Å². The second kappa shape index (κ2) is 33.0. The van der Waals surface area contributed by atoms with E-state index in [0.29, 0.717) is 5.92 Å². The van der Waals surface area contributed by atoms with Crippen LogP contribution in [0.3, 0.4) is 0 Å². The summed E-state index contributed by atoms with van der Waals surface area (Å²) in [5, 5.41) is 0. The molecular formula is C65H90N8. The van der Waals surface area contributed by atoms with Crippen molar-refractivity contribution in [3.05, 3.63) is 233 Å². The zero-order chi connectivity index (χ0) is 55.5. The molecule has 0 aliphatic carbocycles. The van der Waals surface area contributed by atoms with Crippen molar-refractivity contribution >= 4 is 0 Å². The van der Waals surface area contributed by atoms with Crippen molar-refractivity contribution in [2.45, 2.75) is 172 Å². The van der Waals surface area contributed by atoms with E-state index in [1.807, 2.05) is 109 Å². The van der Waals surface area contributed by atoms with Gasteiger partial charge in [-0.1, -0.05) is 32.0 Å². The van der Waals surface area contributed by atoms with E-state index in [-0.39, 0.29) is 0 Å². The number of nitrogens with zero attached hydrogens (tertiary/aromatic N) is 8. The van der Waals surface area contributed by atoms with Gasteiger partial charge in [-0.15, -0.1) is 0 Å². The molecule has 0 bridgehead atoms. The maximum absolute atomic E-state index is 4.43. The monoisotopic (exact) mass is 983 g/mol. The third kappa shape index (κ3) is 24.5. The molecule has 8 aromatic rings. The maximum atomic E-state index is 4.43. The van der Waals surface area contributed by atoms with E-state index in [9.17, 15) is 0 Å². The quantitative estimate of drug-likeness (QED) is 0.160. The van der Waals surface area contributed by atoms with Crippen molar-refractivity contribution in [3.8, 4) is 0 Å². The number of rotatable bonds is 1. The molecule has 8 heterocycles. The van der Waals surface area contributed by atoms with Crippen molar-refractivity contribution in [3.63, 3.8) is 0 Å². The first-order chi connectivity index (χ1) is 34.2. The van der Waals surface area contributed by atoms with Crippen LogP contribution in [-0.4, -0.2) is 39.9 Å². The van der Waals surface area contributed by atoms with Crippen LogP contribution < -0.4 is 0 Å². The van der Waals surface area contributed by atoms with Crippen LogP contribution in [0, 0.1) is 152 Å². The fraction of sp³-hybridized carbons (Fsp3) is 0.385. The summed E-state index contributed by atoms with van der Waals surface area (Å²) < 4.78 is 0. The van der Waals surface area contributed by atoms with Gasteiger partial charge in [0.1, 0.15) is 0 Å². The molecule has 0 saturated carbocycles. The molecule has 0 unspecified atom stereocenters. The van der Waals surface area contributed by atoms with Gasteiger partial charge in [0.25, 0.3) is 0 Å². The Balaban J connectivity index is 0.000000418. The highest BCUT2D eigenvalue weighted by atomic mass is 14.7. The largest absolute Gasteiger partial charge is 0.264 e. The van der Waals surface area contributed by atoms with Crippen LogP contribution in [0.15, 0.2) is 104 Å². The average Bonchev–Trinajstić information content (AvgIpc) is 3.34. The Morgan fingerprint density at radius 1 is 0.301 bits per heavy atom. The summed E-state index contributed by atoms with van der Waals surface area (Å²) in [5.74, 6) is 0.614. The molecule has 8 heteroatoms. The summed E-state index contributed by atoms with van der Waals surface area (Å²) in [5.41, 5.74) is 28.7. The van der Waals surface area contributed by atoms with Crippen LogP contribution in [0.2, 0.25) is 0 Å². The highest BCUT2D eigenvalue weighted by molar-refractivity contribution is 5.37. The molecular weight excluding hydrogens is 893 g/mol. The molecule has 0 spiro atoms. The van der Waals surface area contributed by atoms with Gasteiger partial charge >= 0.3 is 0 Å². The minimum Gasteiger partial charge on any atom is -0.264 e. The summed E-state index contributed by atoms with van der Waals surface area (Å²) in [6.07, 6.45) is 16.8. The Hall–Kier alpha value is -6.80. The smallest absolute Gasteiger partial charge is 0.0407 e. The van der Waals surface area contributed by atoms with Crippen molar-refractivity contribution in [2.24, 2.45) is 0 Å². The molecule has 0 radical (unpaired) electrons. The summed E-state index contributed by atoms with van der Waals surface area (Å²) in [6, 6.07) is 16.5. The number of pyridine rings is 8. The molecule has 8 nitrogen and oxygen atoms in total. The second-order valence-corrected chi connectivity index (χ2v) is 19.5. The molecule has 390 valence electrons. The second-order valence-electron chi connectivity index (χ2n) is 19.5. The highest BCUT2D eigenvalue weighted by Crippen LogP contribution is 2.18. The van der Waals surface area contributed by atoms with Crippen molar-refractivity contribution < 1.29 is 0 Å². The van der Waals surface area contributed by atoms with E-state index in [0.717, 1.165) is 39.9 Å². The number of aryl methyl sites for hydroxylation is 18. The van der Waals surface area contributed by atoms with E-state index in [2.05, 4.69) is 202 Å². The van der Waals surface area contributed by atoms with Crippen LogP contribution in [0.4, 0.5) is 0 Å². The topological polar surface area (TPSA) is 103 Å². The van der Waals surface area contributed by atoms with Crippen LogP contribution >= 0.6 is 0 Å². The lowest BCUT2D eigenvalue weighted by atomic mass is 10.0. The van der Waals surface area contributed by atoms with Gasteiger partial charge in [-0.25, -0.2) is 0 Å². The lowest BCUT2D eigenvalue weighted by Gasteiger charge is -2.09. The van der Waals surface area contributed by atoms with Crippen LogP contribution in [-0.2, 0) is 0 Å². The van der Waals surface area contributed by atoms with E-state index >= 15 is 0 Å². The standard InChI is InChI=1S/C10H15N.C9H13N.4C8H11N.2C7H9N/c1-6-7(2)9(4)11-10(5)8(6)3;1-7(2)9-4-5-10-6-8(9)3;1-6-4-9-5-7(2)8(6)3;1-6-4-8(3)9-5-7(6)2;1-6-4-7(2)8(3)9-5-6;1-6-4-5-7(2)9-8(6)3;1-6-3-4-8-5-7(6)2;1-6-4-3-5-8-7(6)2/h1-5H3;4-7H,1-3H3;4*4-5H,1-3H3;2*3-5H,1-2H3. The van der Waals surface area contributed by atoms with Crippen LogP contribution in [0.25, 0.3) is 0 Å². The Labute approximate surface area is 443 Å². The van der Waals surface area contributed by atoms with Gasteiger partial charge in [-0.3, -0.25) is 39.9 Å². The van der Waals surface area contributed by atoms with E-state index in [1.54, 1.807) is 0 Å². The molecule has 0 aliphatic heterocycles. The van der Waals surface area contributed by atoms with Crippen LogP contribution in [0.1, 0.15) is 149 Å². The number of hydrogen-bond acceptors (Lipinski definition) is 8. The third-order valence-corrected chi connectivity index (χ3v) is 13.0. The summed E-state index contributed by atoms with van der Waals surface area (Å²) in [6.45, 7) is 50.0. The van der Waals surface area contributed by atoms with Crippen molar-refractivity contribution in [1.82, 2.24) is 39.9 Å². The summed E-state index contributed by atoms with van der Waals surface area (Å²) in [4.78, 5) is 33.1. The first kappa shape index (κ1) is 64.2. The first-order valence-corrected chi connectivity index (χ1v) is 25.3. The molecule has 8 rings (SSSR count). The fourth-order valence-corrected chi connectivity index (χ4v) is 6.55. The van der Waals surface area contributed by atoms with Crippen molar-refractivity contribution in [1.29, 1.82) is 0 Å². The van der Waals surface area contributed by atoms with E-state index < -0.39 is 0 Å². The Morgan fingerprint density at radius 2 is 0.822 bits per heavy atom. The van der Waals surface area contributed by atoms with Crippen LogP contribution in [0.5, 0.6) is 0 Å². The summed E-state index contributed by atoms with van der Waals surface area (Å²) in [7, 11) is 0. The van der Waals surface area contributed by atoms with Gasteiger partial charge in [-0.05, 0) is 278 Å². The zero-order valence-corrected chi connectivity index (χ0v) is 49.5. The van der Waals surface area contributed by atoms with E-state index in [1.165, 1.54) is 89.0 Å². The number of hydrogen-bond donors (Lipinski definition) is 0. The third-order valence-electron chi connectivity index (χ3n) is 13.0. The van der Waals surface area contributed by atoms with Gasteiger partial charge in [-0.2, -0.15) is 0 Å². The first-order valence-electron chi connectivity index (χ1n) is 25.3. The molecule has 0 aliphatic rings. The van der Waals surface area contributed by atoms with Gasteiger partial charge in [0.2, 0.25) is 0 Å². The Bertz CT molecular complexity index is 2660. The molecule has 0 aromatic carbocycles. The van der Waals surface area contributed by atoms with Gasteiger partial charge < -0.3 is 0 Å². The molecule has 73 heavy (non-hydrogen) atoms. The summed E-state index contributed by atoms with van der Waals surface area (Å²) >= 11 is 0. The Kier molecular flexibility index (Phi) is 29.1. The molecule has 0 atom stereocenters. The van der Waals surface area contributed by atoms with Gasteiger partial charge in [0, 0.05) is 95.6 Å².